The number of aromatic hydroxyl groups is 1. The zero-order valence-corrected chi connectivity index (χ0v) is 14.1. The van der Waals surface area contributed by atoms with Gasteiger partial charge in [0, 0.05) is 17.8 Å². The first-order chi connectivity index (χ1) is 11.4. The van der Waals surface area contributed by atoms with Crippen molar-refractivity contribution in [3.05, 3.63) is 53.1 Å². The zero-order valence-electron chi connectivity index (χ0n) is 12.6. The lowest BCUT2D eigenvalue weighted by molar-refractivity contribution is 0.102. The highest BCUT2D eigenvalue weighted by Gasteiger charge is 2.28. The van der Waals surface area contributed by atoms with Gasteiger partial charge in [-0.2, -0.15) is 0 Å². The average Bonchev–Trinajstić information content (AvgIpc) is 2.90. The van der Waals surface area contributed by atoms with Gasteiger partial charge in [-0.15, -0.1) is 0 Å². The fourth-order valence-electron chi connectivity index (χ4n) is 2.49. The maximum Gasteiger partial charge on any atom is 0.255 e. The molecule has 2 aromatic rings. The summed E-state index contributed by atoms with van der Waals surface area (Å²) in [5.41, 5.74) is 1.42. The number of carbonyl (C=O) groups is 1. The Hall–Kier alpha value is -2.25. The summed E-state index contributed by atoms with van der Waals surface area (Å²) in [7, 11) is -3.22. The molecular formula is C16H15ClN2O4S. The van der Waals surface area contributed by atoms with Gasteiger partial charge in [0.1, 0.15) is 5.75 Å². The van der Waals surface area contributed by atoms with Gasteiger partial charge < -0.3 is 10.4 Å². The zero-order chi connectivity index (χ0) is 17.3. The first-order valence-electron chi connectivity index (χ1n) is 7.27. The molecule has 0 radical (unpaired) electrons. The molecule has 0 aliphatic carbocycles. The van der Waals surface area contributed by atoms with Gasteiger partial charge in [0.25, 0.3) is 5.91 Å². The number of phenolic OH excluding ortho intramolecular Hbond substituents is 1. The van der Waals surface area contributed by atoms with Gasteiger partial charge >= 0.3 is 0 Å². The molecule has 2 aromatic carbocycles. The molecule has 8 heteroatoms. The Balaban J connectivity index is 1.74. The lowest BCUT2D eigenvalue weighted by Gasteiger charge is -2.17. The molecule has 3 rings (SSSR count). The van der Waals surface area contributed by atoms with E-state index >= 15 is 0 Å². The lowest BCUT2D eigenvalue weighted by Crippen LogP contribution is -2.24. The van der Waals surface area contributed by atoms with Crippen molar-refractivity contribution >= 4 is 38.9 Å². The van der Waals surface area contributed by atoms with E-state index < -0.39 is 10.0 Å². The van der Waals surface area contributed by atoms with Crippen LogP contribution < -0.4 is 9.62 Å². The van der Waals surface area contributed by atoms with Crippen molar-refractivity contribution in [2.45, 2.75) is 6.42 Å². The van der Waals surface area contributed by atoms with Crippen LogP contribution in [-0.4, -0.2) is 31.7 Å². The minimum atomic E-state index is -3.22. The van der Waals surface area contributed by atoms with Crippen LogP contribution in [0.1, 0.15) is 16.8 Å². The number of sulfonamides is 1. The lowest BCUT2D eigenvalue weighted by atomic mass is 10.2. The highest BCUT2D eigenvalue weighted by atomic mass is 35.5. The van der Waals surface area contributed by atoms with E-state index in [1.165, 1.54) is 22.5 Å². The molecule has 0 bridgehead atoms. The Morgan fingerprint density at radius 2 is 1.88 bits per heavy atom. The fraction of sp³-hybridized carbons (Fsp3) is 0.188. The summed E-state index contributed by atoms with van der Waals surface area (Å²) in [5, 5.41) is 12.2. The van der Waals surface area contributed by atoms with Crippen molar-refractivity contribution in [2.24, 2.45) is 0 Å². The topological polar surface area (TPSA) is 86.7 Å². The van der Waals surface area contributed by atoms with E-state index in [1.807, 2.05) is 0 Å². The number of hydrogen-bond donors (Lipinski definition) is 2. The summed E-state index contributed by atoms with van der Waals surface area (Å²) in [6, 6.07) is 10.8. The second-order valence-corrected chi connectivity index (χ2v) is 7.83. The van der Waals surface area contributed by atoms with Crippen LogP contribution in [0.5, 0.6) is 5.75 Å². The highest BCUT2D eigenvalue weighted by Crippen LogP contribution is 2.26. The van der Waals surface area contributed by atoms with Crippen molar-refractivity contribution in [1.29, 1.82) is 0 Å². The van der Waals surface area contributed by atoms with Crippen molar-refractivity contribution in [3.63, 3.8) is 0 Å². The van der Waals surface area contributed by atoms with Crippen molar-refractivity contribution < 1.29 is 18.3 Å². The van der Waals surface area contributed by atoms with Crippen LogP contribution in [0.3, 0.4) is 0 Å². The minimum Gasteiger partial charge on any atom is -0.506 e. The third-order valence-electron chi connectivity index (χ3n) is 3.72. The van der Waals surface area contributed by atoms with Crippen LogP contribution in [0.2, 0.25) is 5.02 Å². The molecule has 1 amide bonds. The van der Waals surface area contributed by atoms with Gasteiger partial charge in [-0.3, -0.25) is 9.10 Å². The van der Waals surface area contributed by atoms with E-state index in [1.54, 1.807) is 24.3 Å². The Morgan fingerprint density at radius 3 is 2.46 bits per heavy atom. The first-order valence-corrected chi connectivity index (χ1v) is 9.26. The largest absolute Gasteiger partial charge is 0.506 e. The molecular weight excluding hydrogens is 352 g/mol. The molecule has 2 N–H and O–H groups in total. The molecule has 1 heterocycles. The Bertz CT molecular complexity index is 881. The summed E-state index contributed by atoms with van der Waals surface area (Å²) in [6.45, 7) is 0.472. The van der Waals surface area contributed by atoms with E-state index in [-0.39, 0.29) is 22.4 Å². The first kappa shape index (κ1) is 16.6. The molecule has 1 aliphatic heterocycles. The number of hydrogen-bond acceptors (Lipinski definition) is 4. The molecule has 24 heavy (non-hydrogen) atoms. The number of nitrogens with zero attached hydrogens (tertiary/aromatic N) is 1. The monoisotopic (exact) mass is 366 g/mol. The predicted octanol–water partition coefficient (Wildman–Crippen LogP) is 2.84. The number of phenols is 1. The molecule has 0 saturated carbocycles. The number of carbonyl (C=O) groups excluding carboxylic acids is 1. The van der Waals surface area contributed by atoms with Gasteiger partial charge in [-0.05, 0) is 48.9 Å². The molecule has 1 aliphatic rings. The third-order valence-corrected chi connectivity index (χ3v) is 5.89. The number of amides is 1. The molecule has 0 aromatic heterocycles. The van der Waals surface area contributed by atoms with Crippen LogP contribution in [0.25, 0.3) is 0 Å². The van der Waals surface area contributed by atoms with Gasteiger partial charge in [-0.1, -0.05) is 11.6 Å². The Morgan fingerprint density at radius 1 is 1.17 bits per heavy atom. The maximum atomic E-state index is 12.2. The van der Waals surface area contributed by atoms with E-state index in [0.29, 0.717) is 29.9 Å². The third kappa shape index (κ3) is 3.32. The second kappa shape index (κ2) is 6.33. The standard InChI is InChI=1S/C16H15ClN2O4S/c17-14-10-11(2-7-15(14)20)16(21)18-12-3-5-13(6-4-12)19-8-1-9-24(19,22)23/h2-7,10,20H,1,8-9H2,(H,18,21). The number of halogens is 1. The normalized spacial score (nSPS) is 16.1. The Kier molecular flexibility index (Phi) is 4.38. The summed E-state index contributed by atoms with van der Waals surface area (Å²) >= 11 is 5.79. The quantitative estimate of drug-likeness (QED) is 0.874. The predicted molar refractivity (Wildman–Crippen MR) is 93.3 cm³/mol. The molecule has 1 saturated heterocycles. The van der Waals surface area contributed by atoms with E-state index in [2.05, 4.69) is 5.32 Å². The molecule has 6 nitrogen and oxygen atoms in total. The number of nitrogens with one attached hydrogen (secondary N) is 1. The summed E-state index contributed by atoms with van der Waals surface area (Å²) in [5.74, 6) is -0.310. The van der Waals surface area contributed by atoms with E-state index in [4.69, 9.17) is 11.6 Å². The van der Waals surface area contributed by atoms with Gasteiger partial charge in [0.15, 0.2) is 0 Å². The van der Waals surface area contributed by atoms with E-state index in [0.717, 1.165) is 0 Å². The summed E-state index contributed by atoms with van der Waals surface area (Å²) in [4.78, 5) is 12.2. The molecule has 0 spiro atoms. The van der Waals surface area contributed by atoms with Crippen LogP contribution >= 0.6 is 11.6 Å². The van der Waals surface area contributed by atoms with Crippen molar-refractivity contribution in [1.82, 2.24) is 0 Å². The van der Waals surface area contributed by atoms with Gasteiger partial charge in [0.05, 0.1) is 16.5 Å². The van der Waals surface area contributed by atoms with Gasteiger partial charge in [-0.25, -0.2) is 8.42 Å². The van der Waals surface area contributed by atoms with Crippen LogP contribution in [0.15, 0.2) is 42.5 Å². The fourth-order valence-corrected chi connectivity index (χ4v) is 4.24. The number of benzene rings is 2. The van der Waals surface area contributed by atoms with E-state index in [9.17, 15) is 18.3 Å². The van der Waals surface area contributed by atoms with Gasteiger partial charge in [0.2, 0.25) is 10.0 Å². The molecule has 1 fully saturated rings. The summed E-state index contributed by atoms with van der Waals surface area (Å²) < 4.78 is 25.2. The van der Waals surface area contributed by atoms with Crippen LogP contribution in [-0.2, 0) is 10.0 Å². The van der Waals surface area contributed by atoms with Crippen LogP contribution in [0, 0.1) is 0 Å². The smallest absolute Gasteiger partial charge is 0.255 e. The van der Waals surface area contributed by atoms with Crippen molar-refractivity contribution in [3.8, 4) is 5.75 Å². The van der Waals surface area contributed by atoms with Crippen molar-refractivity contribution in [2.75, 3.05) is 21.9 Å². The number of anilines is 2. The minimum absolute atomic E-state index is 0.0932. The average molecular weight is 367 g/mol. The summed E-state index contributed by atoms with van der Waals surface area (Å²) in [6.07, 6.45) is 0.614. The van der Waals surface area contributed by atoms with Crippen LogP contribution in [0.4, 0.5) is 11.4 Å². The highest BCUT2D eigenvalue weighted by molar-refractivity contribution is 7.93. The molecule has 0 unspecified atom stereocenters. The second-order valence-electron chi connectivity index (χ2n) is 5.41. The molecule has 126 valence electrons. The SMILES string of the molecule is O=C(Nc1ccc(N2CCCS2(=O)=O)cc1)c1ccc(O)c(Cl)c1. The maximum absolute atomic E-state index is 12.2. The number of rotatable bonds is 3. The molecule has 0 atom stereocenters. The Labute approximate surface area is 144 Å².